The van der Waals surface area contributed by atoms with Gasteiger partial charge in [-0.05, 0) is 57.3 Å². The average Bonchev–Trinajstić information content (AvgIpc) is 2.45. The molecule has 21 heavy (non-hydrogen) atoms. The summed E-state index contributed by atoms with van der Waals surface area (Å²) in [6, 6.07) is 9.23. The highest BCUT2D eigenvalue weighted by Crippen LogP contribution is 2.25. The predicted octanol–water partition coefficient (Wildman–Crippen LogP) is 2.04. The molecule has 108 valence electrons. The first-order chi connectivity index (χ1) is 10.1. The molecule has 0 spiro atoms. The number of hydrogen-bond donors (Lipinski definition) is 2. The highest BCUT2D eigenvalue weighted by atomic mass is 127. The highest BCUT2D eigenvalue weighted by molar-refractivity contribution is 14.1. The molecule has 2 aromatic rings. The van der Waals surface area contributed by atoms with E-state index in [0.717, 1.165) is 7.14 Å². The number of nitrogens with one attached hydrogen (secondary N) is 1. The Morgan fingerprint density at radius 3 is 2.71 bits per heavy atom. The van der Waals surface area contributed by atoms with E-state index < -0.39 is 0 Å². The molecular formula is C14H12I2N3O2+. The van der Waals surface area contributed by atoms with Crippen LogP contribution in [0.3, 0.4) is 0 Å². The Balaban J connectivity index is 1.98. The third-order valence-electron chi connectivity index (χ3n) is 2.55. The number of amides is 1. The van der Waals surface area contributed by atoms with Gasteiger partial charge in [-0.2, -0.15) is 9.67 Å². The summed E-state index contributed by atoms with van der Waals surface area (Å²) >= 11 is 4.21. The van der Waals surface area contributed by atoms with Crippen LogP contribution >= 0.6 is 45.2 Å². The monoisotopic (exact) mass is 508 g/mol. The number of aromatic nitrogens is 1. The molecule has 0 fully saturated rings. The summed E-state index contributed by atoms with van der Waals surface area (Å²) in [5.74, 6) is -0.0753. The van der Waals surface area contributed by atoms with Gasteiger partial charge in [0.05, 0.1) is 9.78 Å². The maximum absolute atomic E-state index is 11.7. The average molecular weight is 508 g/mol. The first kappa shape index (κ1) is 16.1. The van der Waals surface area contributed by atoms with Gasteiger partial charge < -0.3 is 5.11 Å². The number of hydrazone groups is 1. The van der Waals surface area contributed by atoms with Crippen molar-refractivity contribution in [1.82, 2.24) is 5.43 Å². The minimum Gasteiger partial charge on any atom is -0.506 e. The van der Waals surface area contributed by atoms with Crippen molar-refractivity contribution in [3.8, 4) is 5.75 Å². The number of halogens is 2. The van der Waals surface area contributed by atoms with Crippen molar-refractivity contribution < 1.29 is 14.5 Å². The van der Waals surface area contributed by atoms with Crippen molar-refractivity contribution in [3.63, 3.8) is 0 Å². The zero-order valence-electron chi connectivity index (χ0n) is 10.8. The van der Waals surface area contributed by atoms with E-state index in [1.54, 1.807) is 23.0 Å². The Labute approximate surface area is 149 Å². The lowest BCUT2D eigenvalue weighted by Crippen LogP contribution is -2.40. The number of benzene rings is 1. The van der Waals surface area contributed by atoms with E-state index in [1.807, 2.05) is 46.9 Å². The summed E-state index contributed by atoms with van der Waals surface area (Å²) in [6.45, 7) is 0.189. The largest absolute Gasteiger partial charge is 0.506 e. The third kappa shape index (κ3) is 4.92. The number of phenolic OH excluding ortho intramolecular Hbond substituents is 1. The van der Waals surface area contributed by atoms with Gasteiger partial charge in [0.15, 0.2) is 12.4 Å². The summed E-state index contributed by atoms with van der Waals surface area (Å²) in [6.07, 6.45) is 5.04. The molecule has 1 aromatic carbocycles. The van der Waals surface area contributed by atoms with Crippen molar-refractivity contribution in [3.05, 3.63) is 55.4 Å². The zero-order valence-corrected chi connectivity index (χ0v) is 15.1. The minimum atomic E-state index is -0.234. The molecule has 0 atom stereocenters. The number of carbonyl (C=O) groups is 1. The number of pyridine rings is 1. The fourth-order valence-electron chi connectivity index (χ4n) is 1.60. The van der Waals surface area contributed by atoms with Gasteiger partial charge in [-0.1, -0.05) is 6.07 Å². The molecule has 0 aliphatic rings. The molecule has 0 saturated carbocycles. The lowest BCUT2D eigenvalue weighted by molar-refractivity contribution is -0.684. The summed E-state index contributed by atoms with van der Waals surface area (Å²) in [4.78, 5) is 11.7. The molecular weight excluding hydrogens is 496 g/mol. The van der Waals surface area contributed by atoms with Gasteiger partial charge in [-0.3, -0.25) is 4.79 Å². The summed E-state index contributed by atoms with van der Waals surface area (Å²) < 4.78 is 3.48. The molecule has 2 N–H and O–H groups in total. The van der Waals surface area contributed by atoms with E-state index in [9.17, 15) is 9.90 Å². The van der Waals surface area contributed by atoms with Crippen LogP contribution in [0.1, 0.15) is 5.56 Å². The maximum Gasteiger partial charge on any atom is 0.305 e. The van der Waals surface area contributed by atoms with Crippen LogP contribution in [0.15, 0.2) is 47.8 Å². The van der Waals surface area contributed by atoms with E-state index in [4.69, 9.17) is 0 Å². The molecule has 0 radical (unpaired) electrons. The second-order valence-electron chi connectivity index (χ2n) is 4.17. The van der Waals surface area contributed by atoms with Crippen LogP contribution in [-0.4, -0.2) is 17.2 Å². The van der Waals surface area contributed by atoms with E-state index >= 15 is 0 Å². The van der Waals surface area contributed by atoms with Gasteiger partial charge in [0, 0.05) is 21.3 Å². The molecule has 2 rings (SSSR count). The van der Waals surface area contributed by atoms with Gasteiger partial charge in [0.25, 0.3) is 0 Å². The van der Waals surface area contributed by atoms with Crippen LogP contribution in [-0.2, 0) is 11.3 Å². The van der Waals surface area contributed by atoms with Gasteiger partial charge in [-0.15, -0.1) is 0 Å². The second-order valence-corrected chi connectivity index (χ2v) is 6.57. The van der Waals surface area contributed by atoms with Gasteiger partial charge in [0.2, 0.25) is 6.54 Å². The van der Waals surface area contributed by atoms with Crippen LogP contribution in [0.4, 0.5) is 0 Å². The summed E-state index contributed by atoms with van der Waals surface area (Å²) in [5, 5.41) is 13.8. The Hall–Kier alpha value is -1.23. The molecule has 0 unspecified atom stereocenters. The quantitative estimate of drug-likeness (QED) is 0.288. The van der Waals surface area contributed by atoms with Crippen molar-refractivity contribution in [2.75, 3.05) is 0 Å². The van der Waals surface area contributed by atoms with E-state index in [2.05, 4.69) is 33.1 Å². The second kappa shape index (κ2) is 7.69. The van der Waals surface area contributed by atoms with Gasteiger partial charge in [0.1, 0.15) is 5.75 Å². The van der Waals surface area contributed by atoms with Crippen molar-refractivity contribution in [2.45, 2.75) is 6.54 Å². The van der Waals surface area contributed by atoms with Crippen LogP contribution < -0.4 is 9.99 Å². The fraction of sp³-hybridized carbons (Fsp3) is 0.0714. The lowest BCUT2D eigenvalue weighted by Gasteiger charge is -2.02. The first-order valence-corrected chi connectivity index (χ1v) is 8.16. The smallest absolute Gasteiger partial charge is 0.305 e. The molecule has 5 nitrogen and oxygen atoms in total. The fourth-order valence-corrected chi connectivity index (χ4v) is 3.49. The number of phenols is 1. The summed E-state index contributed by atoms with van der Waals surface area (Å²) in [7, 11) is 0. The standard InChI is InChI=1S/C14H11I2N3O2/c15-11-6-10(14(21)12(16)7-11)8-17-18-13(20)9-19-4-2-1-3-5-19/h1-8H,9H2,(H-,17,18,20,21)/p+1. The SMILES string of the molecule is O=C(C[n+]1ccccc1)N/N=C/c1cc(I)cc(I)c1O. The Morgan fingerprint density at radius 1 is 1.29 bits per heavy atom. The molecule has 0 aliphatic carbocycles. The van der Waals surface area contributed by atoms with Crippen molar-refractivity contribution in [2.24, 2.45) is 5.10 Å². The molecule has 1 aromatic heterocycles. The van der Waals surface area contributed by atoms with Crippen LogP contribution in [0, 0.1) is 7.14 Å². The molecule has 1 amide bonds. The van der Waals surface area contributed by atoms with E-state index in [0.29, 0.717) is 5.56 Å². The molecule has 0 saturated heterocycles. The Kier molecular flexibility index (Phi) is 5.91. The topological polar surface area (TPSA) is 65.6 Å². The first-order valence-electron chi connectivity index (χ1n) is 6.00. The molecule has 7 heteroatoms. The molecule has 0 aliphatic heterocycles. The predicted molar refractivity (Wildman–Crippen MR) is 95.9 cm³/mol. The lowest BCUT2D eigenvalue weighted by atomic mass is 10.2. The zero-order chi connectivity index (χ0) is 15.2. The number of hydrogen-bond acceptors (Lipinski definition) is 3. The number of rotatable bonds is 4. The van der Waals surface area contributed by atoms with Crippen molar-refractivity contribution >= 4 is 57.3 Å². The maximum atomic E-state index is 11.7. The number of aromatic hydroxyl groups is 1. The normalized spacial score (nSPS) is 10.8. The molecule has 1 heterocycles. The van der Waals surface area contributed by atoms with Crippen LogP contribution in [0.25, 0.3) is 0 Å². The summed E-state index contributed by atoms with van der Waals surface area (Å²) in [5.41, 5.74) is 3.01. The Morgan fingerprint density at radius 2 is 2.00 bits per heavy atom. The van der Waals surface area contributed by atoms with Gasteiger partial charge >= 0.3 is 5.91 Å². The van der Waals surface area contributed by atoms with Gasteiger partial charge in [-0.25, -0.2) is 5.43 Å². The third-order valence-corrected chi connectivity index (χ3v) is 4.00. The number of carbonyl (C=O) groups excluding carboxylic acids is 1. The molecule has 0 bridgehead atoms. The highest BCUT2D eigenvalue weighted by Gasteiger charge is 2.08. The van der Waals surface area contributed by atoms with Crippen LogP contribution in [0.5, 0.6) is 5.75 Å². The minimum absolute atomic E-state index is 0.159. The van der Waals surface area contributed by atoms with E-state index in [-0.39, 0.29) is 18.2 Å². The van der Waals surface area contributed by atoms with E-state index in [1.165, 1.54) is 6.21 Å². The Bertz CT molecular complexity index is 675. The van der Waals surface area contributed by atoms with Crippen LogP contribution in [0.2, 0.25) is 0 Å². The number of nitrogens with zero attached hydrogens (tertiary/aromatic N) is 2. The van der Waals surface area contributed by atoms with Crippen molar-refractivity contribution in [1.29, 1.82) is 0 Å².